The highest BCUT2D eigenvalue weighted by atomic mass is 35.5. The average Bonchev–Trinajstić information content (AvgIpc) is 2.93. The molecular weight excluding hydrogens is 479 g/mol. The number of fused-ring (bicyclic) bond motifs is 3. The lowest BCUT2D eigenvalue weighted by Gasteiger charge is -2.34. The van der Waals surface area contributed by atoms with E-state index in [0.717, 1.165) is 62.7 Å². The van der Waals surface area contributed by atoms with Crippen LogP contribution >= 0.6 is 36.4 Å². The fourth-order valence-electron chi connectivity index (χ4n) is 4.99. The van der Waals surface area contributed by atoms with Gasteiger partial charge in [-0.1, -0.05) is 29.8 Å². The van der Waals surface area contributed by atoms with E-state index < -0.39 is 0 Å². The Bertz CT molecular complexity index is 1110. The van der Waals surface area contributed by atoms with Crippen molar-refractivity contribution in [1.82, 2.24) is 14.8 Å². The highest BCUT2D eigenvalue weighted by Crippen LogP contribution is 2.31. The number of nitrogens with one attached hydrogen (secondary N) is 1. The number of piperazine rings is 1. The molecule has 2 aliphatic heterocycles. The molecule has 2 aromatic carbocycles. The molecule has 1 amide bonds. The van der Waals surface area contributed by atoms with E-state index in [4.69, 9.17) is 11.6 Å². The topological polar surface area (TPSA) is 40.5 Å². The number of aromatic nitrogens is 1. The zero-order valence-electron chi connectivity index (χ0n) is 18.8. The lowest BCUT2D eigenvalue weighted by molar-refractivity contribution is -0.121. The van der Waals surface area contributed by atoms with Gasteiger partial charge in [0.2, 0.25) is 5.91 Å². The van der Waals surface area contributed by atoms with Crippen LogP contribution in [0.3, 0.4) is 0 Å². The summed E-state index contributed by atoms with van der Waals surface area (Å²) in [5.74, 6) is 0.182. The van der Waals surface area contributed by atoms with Gasteiger partial charge in [-0.3, -0.25) is 9.69 Å². The van der Waals surface area contributed by atoms with Crippen LogP contribution in [-0.2, 0) is 31.1 Å². The number of hydrogen-bond acceptors (Lipinski definition) is 3. The summed E-state index contributed by atoms with van der Waals surface area (Å²) in [6.45, 7) is 5.05. The predicted octanol–water partition coefficient (Wildman–Crippen LogP) is 4.25. The van der Waals surface area contributed by atoms with E-state index >= 15 is 0 Å². The SMILES string of the molecule is Cl.Cl.Cn1c2c(c3ccc(N4CCN(CCc5ccc(Cl)cc5)CC4=O)cc31)CCNCC2. The summed E-state index contributed by atoms with van der Waals surface area (Å²) < 4.78 is 2.33. The number of carbonyl (C=O) groups is 1. The summed E-state index contributed by atoms with van der Waals surface area (Å²) >= 11 is 5.97. The van der Waals surface area contributed by atoms with Crippen molar-refractivity contribution in [3.63, 3.8) is 0 Å². The van der Waals surface area contributed by atoms with Gasteiger partial charge >= 0.3 is 0 Å². The smallest absolute Gasteiger partial charge is 0.241 e. The normalized spacial score (nSPS) is 16.7. The van der Waals surface area contributed by atoms with Crippen molar-refractivity contribution in [2.24, 2.45) is 7.05 Å². The minimum Gasteiger partial charge on any atom is -0.347 e. The Hall–Kier alpha value is -1.76. The van der Waals surface area contributed by atoms with Crippen LogP contribution in [-0.4, -0.2) is 54.6 Å². The first-order chi connectivity index (χ1) is 15.1. The third kappa shape index (κ3) is 5.33. The predicted molar refractivity (Wildman–Crippen MR) is 142 cm³/mol. The molecule has 2 aliphatic rings. The highest BCUT2D eigenvalue weighted by Gasteiger charge is 2.26. The van der Waals surface area contributed by atoms with E-state index in [1.165, 1.54) is 27.7 Å². The van der Waals surface area contributed by atoms with E-state index in [2.05, 4.69) is 52.2 Å². The standard InChI is InChI=1S/C25H29ClN4O.2ClH/c1-28-23-9-12-27-11-8-22(23)21-7-6-20(16-24(21)28)30-15-14-29(17-25(30)31)13-10-18-2-4-19(26)5-3-18;;/h2-7,16,27H,8-15,17H2,1H3;2*1H. The summed E-state index contributed by atoms with van der Waals surface area (Å²) in [5, 5.41) is 5.58. The van der Waals surface area contributed by atoms with E-state index in [1.807, 2.05) is 17.0 Å². The Kier molecular flexibility index (Phi) is 8.70. The van der Waals surface area contributed by atoms with Crippen LogP contribution in [0.25, 0.3) is 10.9 Å². The third-order valence-corrected chi connectivity index (χ3v) is 7.00. The van der Waals surface area contributed by atoms with Crippen molar-refractivity contribution in [1.29, 1.82) is 0 Å². The number of rotatable bonds is 4. The maximum absolute atomic E-state index is 13.0. The number of halogens is 3. The van der Waals surface area contributed by atoms with Gasteiger partial charge in [0.25, 0.3) is 0 Å². The van der Waals surface area contributed by atoms with E-state index in [1.54, 1.807) is 0 Å². The van der Waals surface area contributed by atoms with Gasteiger partial charge in [0.05, 0.1) is 12.1 Å². The van der Waals surface area contributed by atoms with E-state index in [9.17, 15) is 4.79 Å². The summed E-state index contributed by atoms with van der Waals surface area (Å²) in [5.41, 5.74) is 6.40. The molecule has 5 nitrogen and oxygen atoms in total. The molecule has 0 saturated carbocycles. The maximum Gasteiger partial charge on any atom is 0.241 e. The number of hydrogen-bond donors (Lipinski definition) is 1. The van der Waals surface area contributed by atoms with Crippen LogP contribution in [0.1, 0.15) is 16.8 Å². The fourth-order valence-corrected chi connectivity index (χ4v) is 5.12. The van der Waals surface area contributed by atoms with Crippen molar-refractivity contribution in [2.75, 3.05) is 44.2 Å². The lowest BCUT2D eigenvalue weighted by Crippen LogP contribution is -2.50. The van der Waals surface area contributed by atoms with Crippen molar-refractivity contribution in [2.45, 2.75) is 19.3 Å². The number of amides is 1. The number of benzene rings is 2. The molecule has 178 valence electrons. The van der Waals surface area contributed by atoms with Gasteiger partial charge in [-0.25, -0.2) is 0 Å². The van der Waals surface area contributed by atoms with Crippen molar-refractivity contribution >= 4 is 58.9 Å². The average molecular weight is 510 g/mol. The molecule has 0 unspecified atom stereocenters. The summed E-state index contributed by atoms with van der Waals surface area (Å²) in [4.78, 5) is 17.2. The monoisotopic (exact) mass is 508 g/mol. The molecule has 3 heterocycles. The number of nitrogens with zero attached hydrogens (tertiary/aromatic N) is 3. The zero-order chi connectivity index (χ0) is 21.4. The Morgan fingerprint density at radius 3 is 2.52 bits per heavy atom. The minimum atomic E-state index is 0. The maximum atomic E-state index is 13.0. The van der Waals surface area contributed by atoms with Crippen LogP contribution in [0, 0.1) is 0 Å². The van der Waals surface area contributed by atoms with Gasteiger partial charge in [-0.15, -0.1) is 24.8 Å². The molecule has 1 fully saturated rings. The van der Waals surface area contributed by atoms with Gasteiger partial charge in [-0.2, -0.15) is 0 Å². The van der Waals surface area contributed by atoms with Crippen LogP contribution in [0.5, 0.6) is 0 Å². The van der Waals surface area contributed by atoms with E-state index in [-0.39, 0.29) is 30.7 Å². The molecule has 0 radical (unpaired) electrons. The molecule has 8 heteroatoms. The van der Waals surface area contributed by atoms with Gasteiger partial charge in [0.15, 0.2) is 0 Å². The summed E-state index contributed by atoms with van der Waals surface area (Å²) in [6.07, 6.45) is 3.05. The molecule has 5 rings (SSSR count). The summed E-state index contributed by atoms with van der Waals surface area (Å²) in [7, 11) is 2.16. The number of anilines is 1. The third-order valence-electron chi connectivity index (χ3n) is 6.75. The highest BCUT2D eigenvalue weighted by molar-refractivity contribution is 6.30. The molecule has 3 aromatic rings. The number of carbonyl (C=O) groups excluding carboxylic acids is 1. The number of aryl methyl sites for hydroxylation is 1. The molecule has 0 aliphatic carbocycles. The second-order valence-electron chi connectivity index (χ2n) is 8.63. The molecule has 0 spiro atoms. The van der Waals surface area contributed by atoms with E-state index in [0.29, 0.717) is 6.54 Å². The van der Waals surface area contributed by atoms with Gasteiger partial charge in [0, 0.05) is 61.4 Å². The molecular formula is C25H31Cl3N4O. The molecule has 1 saturated heterocycles. The molecule has 1 aromatic heterocycles. The lowest BCUT2D eigenvalue weighted by atomic mass is 10.1. The first-order valence-corrected chi connectivity index (χ1v) is 11.6. The fraction of sp³-hybridized carbons (Fsp3) is 0.400. The second kappa shape index (κ2) is 11.1. The van der Waals surface area contributed by atoms with Crippen LogP contribution in [0.4, 0.5) is 5.69 Å². The Labute approximate surface area is 212 Å². The Balaban J connectivity index is 0.00000153. The Morgan fingerprint density at radius 1 is 1.00 bits per heavy atom. The quantitative estimate of drug-likeness (QED) is 0.571. The van der Waals surface area contributed by atoms with Gasteiger partial charge in [0.1, 0.15) is 0 Å². The first kappa shape index (κ1) is 25.9. The van der Waals surface area contributed by atoms with Crippen molar-refractivity contribution in [3.8, 4) is 0 Å². The zero-order valence-corrected chi connectivity index (χ0v) is 21.2. The van der Waals surface area contributed by atoms with Crippen molar-refractivity contribution in [3.05, 3.63) is 64.3 Å². The molecule has 33 heavy (non-hydrogen) atoms. The second-order valence-corrected chi connectivity index (χ2v) is 9.07. The minimum absolute atomic E-state index is 0. The molecule has 1 N–H and O–H groups in total. The largest absolute Gasteiger partial charge is 0.347 e. The molecule has 0 bridgehead atoms. The van der Waals surface area contributed by atoms with Gasteiger partial charge < -0.3 is 14.8 Å². The van der Waals surface area contributed by atoms with Crippen LogP contribution in [0.15, 0.2) is 42.5 Å². The summed E-state index contributed by atoms with van der Waals surface area (Å²) in [6, 6.07) is 14.5. The van der Waals surface area contributed by atoms with Crippen LogP contribution < -0.4 is 10.2 Å². The van der Waals surface area contributed by atoms with Crippen molar-refractivity contribution < 1.29 is 4.79 Å². The molecule has 0 atom stereocenters. The van der Waals surface area contributed by atoms with Gasteiger partial charge in [-0.05, 0) is 54.8 Å². The first-order valence-electron chi connectivity index (χ1n) is 11.2. The van der Waals surface area contributed by atoms with Crippen LogP contribution in [0.2, 0.25) is 5.02 Å². The Morgan fingerprint density at radius 2 is 1.76 bits per heavy atom.